The van der Waals surface area contributed by atoms with Crippen LogP contribution < -0.4 is 0 Å². The first-order valence-electron chi connectivity index (χ1n) is 8.89. The molecule has 0 atom stereocenters. The summed E-state index contributed by atoms with van der Waals surface area (Å²) in [5, 5.41) is 5.93. The summed E-state index contributed by atoms with van der Waals surface area (Å²) < 4.78 is 0. The average molecular weight is 286 g/mol. The maximum atomic E-state index is 2.53. The van der Waals surface area contributed by atoms with Crippen molar-refractivity contribution < 1.29 is 0 Å². The van der Waals surface area contributed by atoms with Crippen molar-refractivity contribution in [3.05, 3.63) is 58.7 Å². The Morgan fingerprint density at radius 2 is 1.00 bits per heavy atom. The van der Waals surface area contributed by atoms with E-state index in [1.54, 1.807) is 22.3 Å². The van der Waals surface area contributed by atoms with Crippen molar-refractivity contribution in [3.63, 3.8) is 0 Å². The summed E-state index contributed by atoms with van der Waals surface area (Å²) in [4.78, 5) is 0. The molecule has 5 rings (SSSR count). The van der Waals surface area contributed by atoms with Gasteiger partial charge in [0.1, 0.15) is 0 Å². The zero-order valence-corrected chi connectivity index (χ0v) is 13.1. The van der Waals surface area contributed by atoms with Crippen LogP contribution in [0, 0.1) is 0 Å². The summed E-state index contributed by atoms with van der Waals surface area (Å²) in [6.07, 6.45) is 10.5. The zero-order valence-electron chi connectivity index (χ0n) is 13.1. The van der Waals surface area contributed by atoms with Crippen molar-refractivity contribution >= 4 is 21.5 Å². The van der Waals surface area contributed by atoms with Crippen molar-refractivity contribution in [1.29, 1.82) is 0 Å². The number of benzene rings is 3. The Hall–Kier alpha value is -1.82. The topological polar surface area (TPSA) is 0 Å². The van der Waals surface area contributed by atoms with Gasteiger partial charge in [-0.3, -0.25) is 0 Å². The van der Waals surface area contributed by atoms with Crippen LogP contribution in [-0.4, -0.2) is 0 Å². The monoisotopic (exact) mass is 286 g/mol. The molecule has 0 N–H and O–H groups in total. The fourth-order valence-electron chi connectivity index (χ4n) is 4.65. The predicted molar refractivity (Wildman–Crippen MR) is 94.7 cm³/mol. The largest absolute Gasteiger partial charge is 0.0581 e. The Balaban J connectivity index is 1.86. The lowest BCUT2D eigenvalue weighted by Crippen LogP contribution is -2.05. The number of hydrogen-bond donors (Lipinski definition) is 0. The molecule has 0 unspecified atom stereocenters. The van der Waals surface area contributed by atoms with Crippen LogP contribution in [0.4, 0.5) is 0 Å². The number of aryl methyl sites for hydroxylation is 4. The molecule has 2 aliphatic rings. The smallest absolute Gasteiger partial charge is 0.0143 e. The molecule has 110 valence electrons. The molecule has 3 aromatic carbocycles. The van der Waals surface area contributed by atoms with E-state index < -0.39 is 0 Å². The molecule has 0 aromatic heterocycles. The van der Waals surface area contributed by atoms with E-state index in [2.05, 4.69) is 36.4 Å². The van der Waals surface area contributed by atoms with Crippen LogP contribution in [0.2, 0.25) is 0 Å². The normalized spacial score (nSPS) is 17.5. The molecule has 0 fully saturated rings. The Morgan fingerprint density at radius 1 is 0.500 bits per heavy atom. The highest BCUT2D eigenvalue weighted by molar-refractivity contribution is 6.01. The van der Waals surface area contributed by atoms with Gasteiger partial charge in [0, 0.05) is 0 Å². The van der Waals surface area contributed by atoms with Crippen molar-refractivity contribution in [1.82, 2.24) is 0 Å². The van der Waals surface area contributed by atoms with Gasteiger partial charge in [-0.05, 0) is 107 Å². The van der Waals surface area contributed by atoms with Crippen molar-refractivity contribution in [2.24, 2.45) is 0 Å². The number of rotatable bonds is 0. The van der Waals surface area contributed by atoms with Crippen LogP contribution in [0.5, 0.6) is 0 Å². The van der Waals surface area contributed by atoms with Crippen LogP contribution in [0.25, 0.3) is 21.5 Å². The van der Waals surface area contributed by atoms with Gasteiger partial charge >= 0.3 is 0 Å². The van der Waals surface area contributed by atoms with E-state index in [0.717, 1.165) is 0 Å². The lowest BCUT2D eigenvalue weighted by molar-refractivity contribution is 0.689. The van der Waals surface area contributed by atoms with Crippen LogP contribution in [0.3, 0.4) is 0 Å². The van der Waals surface area contributed by atoms with Crippen LogP contribution in [0.1, 0.15) is 47.9 Å². The molecule has 0 heteroatoms. The highest BCUT2D eigenvalue weighted by Crippen LogP contribution is 2.35. The minimum atomic E-state index is 1.27. The Bertz CT molecular complexity index is 815. The second-order valence-corrected chi connectivity index (χ2v) is 7.12. The molecule has 0 heterocycles. The molecule has 0 saturated carbocycles. The van der Waals surface area contributed by atoms with Gasteiger partial charge < -0.3 is 0 Å². The molecule has 22 heavy (non-hydrogen) atoms. The Morgan fingerprint density at radius 3 is 1.55 bits per heavy atom. The van der Waals surface area contributed by atoms with E-state index in [9.17, 15) is 0 Å². The second-order valence-electron chi connectivity index (χ2n) is 7.12. The summed E-state index contributed by atoms with van der Waals surface area (Å²) in [5.74, 6) is 0. The van der Waals surface area contributed by atoms with E-state index in [1.807, 2.05) is 0 Å². The fraction of sp³-hybridized carbons (Fsp3) is 0.364. The maximum absolute atomic E-state index is 2.53. The number of fused-ring (bicyclic) bond motifs is 6. The molecule has 0 aliphatic heterocycles. The van der Waals surface area contributed by atoms with Gasteiger partial charge in [0.15, 0.2) is 0 Å². The van der Waals surface area contributed by atoms with Crippen molar-refractivity contribution in [3.8, 4) is 0 Å². The molecular weight excluding hydrogens is 264 g/mol. The quantitative estimate of drug-likeness (QED) is 0.461. The van der Waals surface area contributed by atoms with Gasteiger partial charge in [-0.1, -0.05) is 24.3 Å². The van der Waals surface area contributed by atoms with Gasteiger partial charge in [0.25, 0.3) is 0 Å². The van der Waals surface area contributed by atoms with Gasteiger partial charge in [-0.2, -0.15) is 0 Å². The van der Waals surface area contributed by atoms with Crippen LogP contribution in [0.15, 0.2) is 36.4 Å². The Kier molecular flexibility index (Phi) is 2.80. The van der Waals surface area contributed by atoms with Gasteiger partial charge in [-0.25, -0.2) is 0 Å². The van der Waals surface area contributed by atoms with Crippen LogP contribution in [-0.2, 0) is 25.7 Å². The van der Waals surface area contributed by atoms with E-state index >= 15 is 0 Å². The van der Waals surface area contributed by atoms with Crippen LogP contribution >= 0.6 is 0 Å². The third kappa shape index (κ3) is 1.83. The van der Waals surface area contributed by atoms with E-state index in [0.29, 0.717) is 0 Å². The van der Waals surface area contributed by atoms with Gasteiger partial charge in [0.2, 0.25) is 0 Å². The minimum absolute atomic E-state index is 1.27. The third-order valence-corrected chi connectivity index (χ3v) is 5.82. The summed E-state index contributed by atoms with van der Waals surface area (Å²) in [6.45, 7) is 0. The van der Waals surface area contributed by atoms with Gasteiger partial charge in [-0.15, -0.1) is 0 Å². The third-order valence-electron chi connectivity index (χ3n) is 5.82. The van der Waals surface area contributed by atoms with Crippen molar-refractivity contribution in [2.45, 2.75) is 51.4 Å². The Labute approximate surface area is 132 Å². The SMILES string of the molecule is c1cc2cc3ccc4c(c3cc2c2c1CCCC2)CCCC4. The highest BCUT2D eigenvalue weighted by atomic mass is 14.2. The molecule has 3 aromatic rings. The summed E-state index contributed by atoms with van der Waals surface area (Å²) >= 11 is 0. The molecule has 0 amide bonds. The standard InChI is InChI=1S/C22H22/c1-3-7-19-15(5-1)9-11-17-13-18-12-10-16-6-2-4-8-20(16)22(18)14-21(17)19/h9-14H,1-8H2. The summed E-state index contributed by atoms with van der Waals surface area (Å²) in [7, 11) is 0. The molecule has 0 saturated heterocycles. The maximum Gasteiger partial charge on any atom is -0.0143 e. The van der Waals surface area contributed by atoms with E-state index in [1.165, 1.54) is 72.9 Å². The summed E-state index contributed by atoms with van der Waals surface area (Å²) in [5.41, 5.74) is 6.48. The highest BCUT2D eigenvalue weighted by Gasteiger charge is 2.16. The minimum Gasteiger partial charge on any atom is -0.0581 e. The second kappa shape index (κ2) is 4.84. The zero-order chi connectivity index (χ0) is 14.5. The molecule has 0 spiro atoms. The fourth-order valence-corrected chi connectivity index (χ4v) is 4.65. The molecular formula is C22H22. The molecule has 0 nitrogen and oxygen atoms in total. The first-order chi connectivity index (χ1) is 10.9. The lowest BCUT2D eigenvalue weighted by Gasteiger charge is -2.21. The summed E-state index contributed by atoms with van der Waals surface area (Å²) in [6, 6.07) is 14.4. The average Bonchev–Trinajstić information content (AvgIpc) is 2.60. The van der Waals surface area contributed by atoms with E-state index in [-0.39, 0.29) is 0 Å². The molecule has 0 radical (unpaired) electrons. The van der Waals surface area contributed by atoms with Gasteiger partial charge in [0.05, 0.1) is 0 Å². The molecule has 0 bridgehead atoms. The number of hydrogen-bond acceptors (Lipinski definition) is 0. The predicted octanol–water partition coefficient (Wildman–Crippen LogP) is 5.75. The first-order valence-corrected chi connectivity index (χ1v) is 8.89. The molecule has 2 aliphatic carbocycles. The lowest BCUT2D eigenvalue weighted by atomic mass is 9.84. The van der Waals surface area contributed by atoms with Crippen molar-refractivity contribution in [2.75, 3.05) is 0 Å². The van der Waals surface area contributed by atoms with E-state index in [4.69, 9.17) is 0 Å². The first kappa shape index (κ1) is 12.7.